The average molecular weight is 224 g/mol. The minimum atomic E-state index is -0.953. The van der Waals surface area contributed by atoms with Crippen molar-refractivity contribution in [1.82, 2.24) is 0 Å². The Morgan fingerprint density at radius 3 is 2.88 bits per heavy atom. The summed E-state index contributed by atoms with van der Waals surface area (Å²) < 4.78 is 17.9. The lowest BCUT2D eigenvalue weighted by Gasteiger charge is -2.03. The third kappa shape index (κ3) is 3.73. The van der Waals surface area contributed by atoms with E-state index >= 15 is 0 Å². The van der Waals surface area contributed by atoms with Gasteiger partial charge < -0.3 is 9.84 Å². The van der Waals surface area contributed by atoms with E-state index in [4.69, 9.17) is 9.84 Å². The number of benzene rings is 1. The fourth-order valence-corrected chi connectivity index (χ4v) is 1.18. The third-order valence-electron chi connectivity index (χ3n) is 2.03. The summed E-state index contributed by atoms with van der Waals surface area (Å²) in [5.41, 5.74) is 0.288. The van der Waals surface area contributed by atoms with Crippen LogP contribution < -0.4 is 4.74 Å². The van der Waals surface area contributed by atoms with Crippen LogP contribution >= 0.6 is 0 Å². The summed E-state index contributed by atoms with van der Waals surface area (Å²) in [4.78, 5) is 10.6. The zero-order chi connectivity index (χ0) is 12.0. The number of carboxylic acids is 1. The first-order valence-corrected chi connectivity index (χ1v) is 4.94. The summed E-state index contributed by atoms with van der Waals surface area (Å²) in [7, 11) is 0. The zero-order valence-electron chi connectivity index (χ0n) is 8.94. The lowest BCUT2D eigenvalue weighted by Crippen LogP contribution is -2.02. The summed E-state index contributed by atoms with van der Waals surface area (Å²) >= 11 is 0. The monoisotopic (exact) mass is 224 g/mol. The van der Waals surface area contributed by atoms with E-state index in [2.05, 4.69) is 0 Å². The minimum Gasteiger partial charge on any atom is -0.489 e. The Balaban J connectivity index is 2.55. The van der Waals surface area contributed by atoms with Crippen molar-refractivity contribution in [2.75, 3.05) is 6.61 Å². The molecule has 0 aromatic heterocycles. The maximum atomic E-state index is 12.8. The molecule has 1 aromatic rings. The van der Waals surface area contributed by atoms with Crippen LogP contribution in [-0.4, -0.2) is 17.7 Å². The second-order valence-electron chi connectivity index (χ2n) is 3.16. The first-order chi connectivity index (χ1) is 7.63. The Morgan fingerprint density at radius 1 is 1.56 bits per heavy atom. The standard InChI is InChI=1S/C12H13FO3/c1-2-9(12(14)15)6-7-16-11-5-3-4-10(13)8-11/h3-6,8H,2,7H2,1H3,(H,14,15). The molecule has 0 amide bonds. The Hall–Kier alpha value is -1.84. The predicted molar refractivity (Wildman–Crippen MR) is 57.9 cm³/mol. The number of hydrogen-bond donors (Lipinski definition) is 1. The quantitative estimate of drug-likeness (QED) is 0.782. The van der Waals surface area contributed by atoms with E-state index in [1.165, 1.54) is 24.3 Å². The topological polar surface area (TPSA) is 46.5 Å². The molecule has 0 unspecified atom stereocenters. The van der Waals surface area contributed by atoms with Gasteiger partial charge in [0.05, 0.1) is 0 Å². The highest BCUT2D eigenvalue weighted by Crippen LogP contribution is 2.12. The lowest BCUT2D eigenvalue weighted by atomic mass is 10.2. The van der Waals surface area contributed by atoms with Crippen molar-refractivity contribution in [3.05, 3.63) is 41.7 Å². The highest BCUT2D eigenvalue weighted by Gasteiger charge is 2.03. The van der Waals surface area contributed by atoms with Gasteiger partial charge in [0.25, 0.3) is 0 Å². The van der Waals surface area contributed by atoms with Crippen molar-refractivity contribution in [3.63, 3.8) is 0 Å². The molecule has 1 aromatic carbocycles. The van der Waals surface area contributed by atoms with E-state index in [1.807, 2.05) is 0 Å². The summed E-state index contributed by atoms with van der Waals surface area (Å²) in [5, 5.41) is 8.73. The molecular formula is C12H13FO3. The van der Waals surface area contributed by atoms with E-state index in [1.54, 1.807) is 13.0 Å². The van der Waals surface area contributed by atoms with Crippen LogP contribution in [0, 0.1) is 5.82 Å². The largest absolute Gasteiger partial charge is 0.489 e. The fraction of sp³-hybridized carbons (Fsp3) is 0.250. The van der Waals surface area contributed by atoms with E-state index in [9.17, 15) is 9.18 Å². The van der Waals surface area contributed by atoms with Crippen LogP contribution in [0.4, 0.5) is 4.39 Å². The Labute approximate surface area is 93.2 Å². The minimum absolute atomic E-state index is 0.124. The molecule has 0 spiro atoms. The summed E-state index contributed by atoms with van der Waals surface area (Å²) in [6, 6.07) is 5.72. The van der Waals surface area contributed by atoms with Crippen molar-refractivity contribution in [2.24, 2.45) is 0 Å². The van der Waals surface area contributed by atoms with Crippen molar-refractivity contribution in [1.29, 1.82) is 0 Å². The van der Waals surface area contributed by atoms with Gasteiger partial charge in [-0.05, 0) is 24.6 Å². The van der Waals surface area contributed by atoms with Gasteiger partial charge in [0.1, 0.15) is 18.2 Å². The fourth-order valence-electron chi connectivity index (χ4n) is 1.18. The Morgan fingerprint density at radius 2 is 2.31 bits per heavy atom. The smallest absolute Gasteiger partial charge is 0.331 e. The number of rotatable bonds is 5. The molecule has 0 atom stereocenters. The van der Waals surface area contributed by atoms with Crippen LogP contribution in [-0.2, 0) is 4.79 Å². The van der Waals surface area contributed by atoms with Gasteiger partial charge in [-0.1, -0.05) is 13.0 Å². The molecule has 4 heteroatoms. The molecular weight excluding hydrogens is 211 g/mol. The average Bonchev–Trinajstić information content (AvgIpc) is 2.24. The molecule has 3 nitrogen and oxygen atoms in total. The number of hydrogen-bond acceptors (Lipinski definition) is 2. The van der Waals surface area contributed by atoms with Crippen molar-refractivity contribution in [3.8, 4) is 5.75 Å². The second kappa shape index (κ2) is 5.90. The summed E-state index contributed by atoms with van der Waals surface area (Å²) in [6.45, 7) is 1.88. The SMILES string of the molecule is CCC(=CCOc1cccc(F)c1)C(=O)O. The van der Waals surface area contributed by atoms with Crippen molar-refractivity contribution >= 4 is 5.97 Å². The highest BCUT2D eigenvalue weighted by molar-refractivity contribution is 5.86. The number of halogens is 1. The molecule has 0 saturated heterocycles. The Kier molecular flexibility index (Phi) is 4.51. The van der Waals surface area contributed by atoms with E-state index in [-0.39, 0.29) is 18.0 Å². The normalized spacial score (nSPS) is 11.2. The molecule has 0 fully saturated rings. The van der Waals surface area contributed by atoms with Gasteiger partial charge in [0.2, 0.25) is 0 Å². The number of carbonyl (C=O) groups is 1. The number of aliphatic carboxylic acids is 1. The third-order valence-corrected chi connectivity index (χ3v) is 2.03. The van der Waals surface area contributed by atoms with Crippen LogP contribution in [0.3, 0.4) is 0 Å². The maximum Gasteiger partial charge on any atom is 0.331 e. The highest BCUT2D eigenvalue weighted by atomic mass is 19.1. The number of carboxylic acid groups (broad SMARTS) is 1. The van der Waals surface area contributed by atoms with Gasteiger partial charge >= 0.3 is 5.97 Å². The van der Waals surface area contributed by atoms with Crippen LogP contribution in [0.25, 0.3) is 0 Å². The van der Waals surface area contributed by atoms with Crippen LogP contribution in [0.15, 0.2) is 35.9 Å². The maximum absolute atomic E-state index is 12.8. The van der Waals surface area contributed by atoms with E-state index < -0.39 is 5.97 Å². The van der Waals surface area contributed by atoms with Gasteiger partial charge in [-0.15, -0.1) is 0 Å². The molecule has 0 aliphatic rings. The summed E-state index contributed by atoms with van der Waals surface area (Å²) in [6.07, 6.45) is 1.91. The van der Waals surface area contributed by atoms with Gasteiger partial charge in [0, 0.05) is 11.6 Å². The molecule has 0 aliphatic heterocycles. The van der Waals surface area contributed by atoms with E-state index in [0.29, 0.717) is 12.2 Å². The van der Waals surface area contributed by atoms with Gasteiger partial charge in [-0.3, -0.25) is 0 Å². The molecule has 0 bridgehead atoms. The molecule has 0 aliphatic carbocycles. The molecule has 0 heterocycles. The zero-order valence-corrected chi connectivity index (χ0v) is 8.94. The van der Waals surface area contributed by atoms with Crippen LogP contribution in [0.5, 0.6) is 5.75 Å². The van der Waals surface area contributed by atoms with Crippen molar-refractivity contribution in [2.45, 2.75) is 13.3 Å². The van der Waals surface area contributed by atoms with Gasteiger partial charge in [-0.25, -0.2) is 9.18 Å². The first kappa shape index (κ1) is 12.2. The van der Waals surface area contributed by atoms with Gasteiger partial charge in [0.15, 0.2) is 0 Å². The molecule has 86 valence electrons. The molecule has 1 rings (SSSR count). The molecule has 0 radical (unpaired) electrons. The molecule has 1 N–H and O–H groups in total. The number of ether oxygens (including phenoxy) is 1. The Bertz CT molecular complexity index is 399. The molecule has 16 heavy (non-hydrogen) atoms. The second-order valence-corrected chi connectivity index (χ2v) is 3.16. The van der Waals surface area contributed by atoms with Gasteiger partial charge in [-0.2, -0.15) is 0 Å². The van der Waals surface area contributed by atoms with Crippen LogP contribution in [0.2, 0.25) is 0 Å². The summed E-state index contributed by atoms with van der Waals surface area (Å²) in [5.74, 6) is -0.946. The lowest BCUT2D eigenvalue weighted by molar-refractivity contribution is -0.132. The van der Waals surface area contributed by atoms with Crippen molar-refractivity contribution < 1.29 is 19.0 Å². The first-order valence-electron chi connectivity index (χ1n) is 4.94. The predicted octanol–water partition coefficient (Wildman–Crippen LogP) is 2.63. The van der Waals surface area contributed by atoms with Crippen LogP contribution in [0.1, 0.15) is 13.3 Å². The molecule has 0 saturated carbocycles. The van der Waals surface area contributed by atoms with E-state index in [0.717, 1.165) is 0 Å².